The van der Waals surface area contributed by atoms with Crippen molar-refractivity contribution in [1.82, 2.24) is 9.80 Å². The second-order valence-electron chi connectivity index (χ2n) is 5.34. The number of hydrogen-bond acceptors (Lipinski definition) is 3. The van der Waals surface area contributed by atoms with Crippen LogP contribution in [0.5, 0.6) is 0 Å². The van der Waals surface area contributed by atoms with Gasteiger partial charge in [-0.25, -0.2) is 0 Å². The molecule has 2 rings (SSSR count). The largest absolute Gasteiger partial charge is 0.398 e. The zero-order chi connectivity index (χ0) is 14.7. The molecule has 1 aliphatic rings. The van der Waals surface area contributed by atoms with Gasteiger partial charge in [-0.3, -0.25) is 9.69 Å². The number of hydrogen-bond donors (Lipinski definition) is 1. The Morgan fingerprint density at radius 3 is 2.95 bits per heavy atom. The Kier molecular flexibility index (Phi) is 4.89. The fourth-order valence-electron chi connectivity index (χ4n) is 2.85. The van der Waals surface area contributed by atoms with E-state index in [1.807, 2.05) is 7.05 Å². The van der Waals surface area contributed by atoms with Crippen molar-refractivity contribution in [2.24, 2.45) is 0 Å². The van der Waals surface area contributed by atoms with Crippen LogP contribution in [0.15, 0.2) is 18.2 Å². The molecule has 1 aliphatic heterocycles. The number of nitrogens with two attached hydrogens (primary N) is 1. The Balaban J connectivity index is 2.05. The molecule has 1 saturated heterocycles. The molecular formula is C15H22ClN3O. The average Bonchev–Trinajstić information content (AvgIpc) is 2.85. The number of likely N-dealkylation sites (tertiary alicyclic amines) is 1. The van der Waals surface area contributed by atoms with Crippen LogP contribution in [0.4, 0.5) is 5.69 Å². The van der Waals surface area contributed by atoms with Gasteiger partial charge in [-0.2, -0.15) is 0 Å². The zero-order valence-corrected chi connectivity index (χ0v) is 12.9. The van der Waals surface area contributed by atoms with Gasteiger partial charge in [-0.15, -0.1) is 0 Å². The molecule has 1 aromatic carbocycles. The highest BCUT2D eigenvalue weighted by atomic mass is 35.5. The highest BCUT2D eigenvalue weighted by Crippen LogP contribution is 2.21. The van der Waals surface area contributed by atoms with Gasteiger partial charge in [0.15, 0.2) is 0 Å². The Morgan fingerprint density at radius 1 is 1.55 bits per heavy atom. The molecule has 1 unspecified atom stereocenters. The number of carbonyl (C=O) groups excluding carboxylic acids is 1. The third-order valence-electron chi connectivity index (χ3n) is 3.98. The van der Waals surface area contributed by atoms with Crippen molar-refractivity contribution in [2.75, 3.05) is 32.4 Å². The van der Waals surface area contributed by atoms with Crippen LogP contribution in [0.25, 0.3) is 0 Å². The van der Waals surface area contributed by atoms with E-state index in [1.54, 1.807) is 23.1 Å². The molecule has 0 spiro atoms. The van der Waals surface area contributed by atoms with Gasteiger partial charge < -0.3 is 10.6 Å². The van der Waals surface area contributed by atoms with Gasteiger partial charge in [-0.1, -0.05) is 18.5 Å². The van der Waals surface area contributed by atoms with Crippen LogP contribution in [0, 0.1) is 0 Å². The van der Waals surface area contributed by atoms with Crippen molar-refractivity contribution in [3.05, 3.63) is 28.8 Å². The van der Waals surface area contributed by atoms with Crippen molar-refractivity contribution >= 4 is 23.2 Å². The zero-order valence-electron chi connectivity index (χ0n) is 12.1. The number of amides is 1. The Hall–Kier alpha value is -1.26. The number of anilines is 1. The molecule has 1 amide bonds. The van der Waals surface area contributed by atoms with E-state index in [-0.39, 0.29) is 5.91 Å². The van der Waals surface area contributed by atoms with Gasteiger partial charge in [0.2, 0.25) is 0 Å². The molecule has 1 heterocycles. The van der Waals surface area contributed by atoms with Crippen LogP contribution in [0.2, 0.25) is 5.02 Å². The minimum absolute atomic E-state index is 0.0397. The van der Waals surface area contributed by atoms with E-state index in [4.69, 9.17) is 17.3 Å². The highest BCUT2D eigenvalue weighted by molar-refractivity contribution is 6.31. The molecule has 1 fully saturated rings. The lowest BCUT2D eigenvalue weighted by molar-refractivity contribution is 0.0755. The Bertz CT molecular complexity index is 492. The average molecular weight is 296 g/mol. The summed E-state index contributed by atoms with van der Waals surface area (Å²) >= 11 is 5.87. The van der Waals surface area contributed by atoms with E-state index in [0.29, 0.717) is 22.3 Å². The van der Waals surface area contributed by atoms with Crippen LogP contribution in [-0.4, -0.2) is 48.4 Å². The first kappa shape index (κ1) is 15.1. The summed E-state index contributed by atoms with van der Waals surface area (Å²) in [5.41, 5.74) is 6.84. The minimum Gasteiger partial charge on any atom is -0.398 e. The maximum Gasteiger partial charge on any atom is 0.255 e. The summed E-state index contributed by atoms with van der Waals surface area (Å²) in [7, 11) is 1.84. The summed E-state index contributed by atoms with van der Waals surface area (Å²) in [5, 5.41) is 0.551. The number of rotatable bonds is 4. The summed E-state index contributed by atoms with van der Waals surface area (Å²) in [6.07, 6.45) is 2.37. The van der Waals surface area contributed by atoms with Crippen molar-refractivity contribution in [3.8, 4) is 0 Å². The first-order valence-corrected chi connectivity index (χ1v) is 7.45. The first-order valence-electron chi connectivity index (χ1n) is 7.07. The number of halogens is 1. The standard InChI is InChI=1S/C15H22ClN3O/c1-3-19-8-4-5-12(19)10-18(2)15(20)13-7-6-11(16)9-14(13)17/h6-7,9,12H,3-5,8,10,17H2,1-2H3. The van der Waals surface area contributed by atoms with Gasteiger partial charge in [0, 0.05) is 30.3 Å². The molecule has 5 heteroatoms. The normalized spacial score (nSPS) is 19.2. The minimum atomic E-state index is -0.0397. The molecule has 0 aromatic heterocycles. The quantitative estimate of drug-likeness (QED) is 0.868. The Morgan fingerprint density at radius 2 is 2.30 bits per heavy atom. The van der Waals surface area contributed by atoms with E-state index in [0.717, 1.165) is 26.1 Å². The molecule has 0 radical (unpaired) electrons. The number of carbonyl (C=O) groups is 1. The molecular weight excluding hydrogens is 274 g/mol. The third-order valence-corrected chi connectivity index (χ3v) is 4.22. The van der Waals surface area contributed by atoms with Crippen molar-refractivity contribution in [1.29, 1.82) is 0 Å². The SMILES string of the molecule is CCN1CCCC1CN(C)C(=O)c1ccc(Cl)cc1N. The van der Waals surface area contributed by atoms with Crippen molar-refractivity contribution in [3.63, 3.8) is 0 Å². The number of benzene rings is 1. The molecule has 110 valence electrons. The molecule has 20 heavy (non-hydrogen) atoms. The van der Waals surface area contributed by atoms with E-state index in [1.165, 1.54) is 6.42 Å². The number of likely N-dealkylation sites (N-methyl/N-ethyl adjacent to an activating group) is 2. The predicted octanol–water partition coefficient (Wildman–Crippen LogP) is 2.48. The fourth-order valence-corrected chi connectivity index (χ4v) is 3.03. The van der Waals surface area contributed by atoms with Gasteiger partial charge in [0.05, 0.1) is 5.56 Å². The van der Waals surface area contributed by atoms with Crippen LogP contribution in [0.1, 0.15) is 30.1 Å². The lowest BCUT2D eigenvalue weighted by atomic mass is 10.1. The molecule has 2 N–H and O–H groups in total. The molecule has 4 nitrogen and oxygen atoms in total. The summed E-state index contributed by atoms with van der Waals surface area (Å²) in [4.78, 5) is 16.6. The second kappa shape index (κ2) is 6.46. The molecule has 1 aromatic rings. The Labute approximate surface area is 125 Å². The van der Waals surface area contributed by atoms with Crippen LogP contribution in [0.3, 0.4) is 0 Å². The van der Waals surface area contributed by atoms with Crippen LogP contribution in [-0.2, 0) is 0 Å². The fraction of sp³-hybridized carbons (Fsp3) is 0.533. The maximum absolute atomic E-state index is 12.4. The van der Waals surface area contributed by atoms with Gasteiger partial charge in [0.1, 0.15) is 0 Å². The van der Waals surface area contributed by atoms with Gasteiger partial charge in [-0.05, 0) is 44.1 Å². The van der Waals surface area contributed by atoms with Gasteiger partial charge >= 0.3 is 0 Å². The first-order chi connectivity index (χ1) is 9.52. The summed E-state index contributed by atoms with van der Waals surface area (Å²) < 4.78 is 0. The van der Waals surface area contributed by atoms with Crippen LogP contribution >= 0.6 is 11.6 Å². The summed E-state index contributed by atoms with van der Waals surface area (Å²) in [5.74, 6) is -0.0397. The van der Waals surface area contributed by atoms with Gasteiger partial charge in [0.25, 0.3) is 5.91 Å². The van der Waals surface area contributed by atoms with Crippen molar-refractivity contribution in [2.45, 2.75) is 25.8 Å². The lowest BCUT2D eigenvalue weighted by Crippen LogP contribution is -2.41. The van der Waals surface area contributed by atoms with Crippen molar-refractivity contribution < 1.29 is 4.79 Å². The number of nitrogen functional groups attached to an aromatic ring is 1. The smallest absolute Gasteiger partial charge is 0.255 e. The molecule has 1 atom stereocenters. The van der Waals surface area contributed by atoms with E-state index < -0.39 is 0 Å². The number of nitrogens with zero attached hydrogens (tertiary/aromatic N) is 2. The maximum atomic E-state index is 12.4. The molecule has 0 saturated carbocycles. The summed E-state index contributed by atoms with van der Waals surface area (Å²) in [6.45, 7) is 5.08. The lowest BCUT2D eigenvalue weighted by Gasteiger charge is -2.28. The molecule has 0 aliphatic carbocycles. The van der Waals surface area contributed by atoms with E-state index >= 15 is 0 Å². The van der Waals surface area contributed by atoms with E-state index in [2.05, 4.69) is 11.8 Å². The third kappa shape index (κ3) is 3.25. The highest BCUT2D eigenvalue weighted by Gasteiger charge is 2.26. The van der Waals surface area contributed by atoms with Crippen LogP contribution < -0.4 is 5.73 Å². The molecule has 0 bridgehead atoms. The predicted molar refractivity (Wildman–Crippen MR) is 83.1 cm³/mol. The second-order valence-corrected chi connectivity index (χ2v) is 5.78. The topological polar surface area (TPSA) is 49.6 Å². The monoisotopic (exact) mass is 295 g/mol. The summed E-state index contributed by atoms with van der Waals surface area (Å²) in [6, 6.07) is 5.48. The van der Waals surface area contributed by atoms with E-state index in [9.17, 15) is 4.79 Å².